The van der Waals surface area contributed by atoms with Gasteiger partial charge in [0.25, 0.3) is 25.0 Å². The van der Waals surface area contributed by atoms with Crippen LogP contribution in [0.3, 0.4) is 0 Å². The van der Waals surface area contributed by atoms with E-state index in [-0.39, 0.29) is 23.5 Å². The van der Waals surface area contributed by atoms with Crippen molar-refractivity contribution in [3.63, 3.8) is 0 Å². The van der Waals surface area contributed by atoms with Crippen molar-refractivity contribution in [1.29, 1.82) is 0 Å². The fraction of sp³-hybridized carbons (Fsp3) is 0.833. The van der Waals surface area contributed by atoms with E-state index < -0.39 is 75.4 Å². The van der Waals surface area contributed by atoms with E-state index in [0.717, 1.165) is 0 Å². The number of sulfonamides is 3. The molecule has 1 atom stereocenters. The zero-order valence-corrected chi connectivity index (χ0v) is 18.4. The molecule has 0 aliphatic carbocycles. The second kappa shape index (κ2) is 8.60. The summed E-state index contributed by atoms with van der Waals surface area (Å²) in [4.78, 5) is 1.41. The fourth-order valence-corrected chi connectivity index (χ4v) is 6.80. The molecule has 1 saturated heterocycles. The van der Waals surface area contributed by atoms with Crippen LogP contribution in [0.25, 0.3) is 0 Å². The smallest absolute Gasteiger partial charge is 0.304 e. The fourth-order valence-electron chi connectivity index (χ4n) is 2.42. The molecule has 9 nitrogen and oxygen atoms in total. The average molecular weight is 547 g/mol. The van der Waals surface area contributed by atoms with Gasteiger partial charge >= 0.3 is 26.7 Å². The van der Waals surface area contributed by atoms with Crippen LogP contribution in [0, 0.1) is 0 Å². The zero-order chi connectivity index (χ0) is 25.6. The van der Waals surface area contributed by atoms with Crippen LogP contribution >= 0.6 is 0 Å². The van der Waals surface area contributed by atoms with Gasteiger partial charge in [-0.1, -0.05) is 10.2 Å². The summed E-state index contributed by atoms with van der Waals surface area (Å²) in [6, 6.07) is 0. The number of allylic oxidation sites excluding steroid dienone is 1. The molecule has 1 aliphatic rings. The van der Waals surface area contributed by atoms with Crippen LogP contribution in [0.1, 0.15) is 6.42 Å². The summed E-state index contributed by atoms with van der Waals surface area (Å²) in [5, 5.41) is -12.4. The molecule has 0 spiro atoms. The molecule has 1 N–H and O–H groups in total. The predicted molar refractivity (Wildman–Crippen MR) is 93.6 cm³/mol. The summed E-state index contributed by atoms with van der Waals surface area (Å²) >= 11 is 0. The minimum atomic E-state index is -7.18. The lowest BCUT2D eigenvalue weighted by Gasteiger charge is -2.39. The van der Waals surface area contributed by atoms with Crippen molar-refractivity contribution in [1.82, 2.24) is 13.3 Å². The van der Waals surface area contributed by atoms with Crippen molar-refractivity contribution in [3.05, 3.63) is 12.7 Å². The topological polar surface area (TPSA) is 121 Å². The highest BCUT2D eigenvalue weighted by Crippen LogP contribution is 2.52. The minimum Gasteiger partial charge on any atom is -0.304 e. The Labute approximate surface area is 178 Å². The standard InChI is InChI=1S/C12H17F8N3O6S3/c1-3-4-9(13,30(24,25)21-31(26,27)12(18,19)20)10(14,15)11(16,17)32(28,29)23-7-5-22(2)6-8-23/h3,21H,1,4-8H2,2H3. The molecule has 1 unspecified atom stereocenters. The Bertz CT molecular complexity index is 1040. The first-order chi connectivity index (χ1) is 14.0. The molecule has 1 fully saturated rings. The third-order valence-corrected chi connectivity index (χ3v) is 9.91. The largest absolute Gasteiger partial charge is 0.512 e. The lowest BCUT2D eigenvalue weighted by molar-refractivity contribution is -0.209. The maximum Gasteiger partial charge on any atom is 0.512 e. The van der Waals surface area contributed by atoms with Gasteiger partial charge in [0.1, 0.15) is 0 Å². The Morgan fingerprint density at radius 3 is 1.66 bits per heavy atom. The summed E-state index contributed by atoms with van der Waals surface area (Å²) in [6.07, 6.45) is -2.50. The number of piperazine rings is 1. The van der Waals surface area contributed by atoms with Gasteiger partial charge in [-0.25, -0.2) is 29.6 Å². The molecule has 1 aliphatic heterocycles. The SMILES string of the molecule is C=CCC(F)(C(F)(F)C(F)(F)S(=O)(=O)N1CCN(C)CC1)S(=O)(=O)NS(=O)(=O)C(F)(F)F. The number of nitrogens with zero attached hydrogens (tertiary/aromatic N) is 2. The van der Waals surface area contributed by atoms with Crippen molar-refractivity contribution in [2.24, 2.45) is 0 Å². The summed E-state index contributed by atoms with van der Waals surface area (Å²) in [5.41, 5.74) is -6.47. The third kappa shape index (κ3) is 4.61. The van der Waals surface area contributed by atoms with Crippen LogP contribution < -0.4 is 4.13 Å². The van der Waals surface area contributed by atoms with Gasteiger partial charge in [-0.2, -0.15) is 35.0 Å². The maximum atomic E-state index is 15.0. The van der Waals surface area contributed by atoms with E-state index in [9.17, 15) is 56.0 Å². The van der Waals surface area contributed by atoms with E-state index in [1.807, 2.05) is 0 Å². The molecule has 0 saturated carbocycles. The Balaban J connectivity index is 3.63. The number of likely N-dealkylation sites (N-methyl/N-ethyl adjacent to an activating group) is 1. The number of nitrogens with one attached hydrogen (secondary N) is 1. The first-order valence-corrected chi connectivity index (χ1v) is 12.5. The first-order valence-electron chi connectivity index (χ1n) is 8.10. The minimum absolute atomic E-state index is 0.0914. The van der Waals surface area contributed by atoms with Crippen molar-refractivity contribution in [3.8, 4) is 0 Å². The first kappa shape index (κ1) is 28.9. The van der Waals surface area contributed by atoms with Gasteiger partial charge in [0.05, 0.1) is 0 Å². The number of hydrogen-bond donors (Lipinski definition) is 1. The molecular formula is C12H17F8N3O6S3. The zero-order valence-electron chi connectivity index (χ0n) is 15.9. The molecular weight excluding hydrogens is 530 g/mol. The molecule has 0 radical (unpaired) electrons. The van der Waals surface area contributed by atoms with Gasteiger partial charge in [0.15, 0.2) is 0 Å². The van der Waals surface area contributed by atoms with E-state index in [0.29, 0.717) is 0 Å². The summed E-state index contributed by atoms with van der Waals surface area (Å²) in [5.74, 6) is -6.79. The van der Waals surface area contributed by atoms with Gasteiger partial charge in [-0.3, -0.25) is 0 Å². The number of halogens is 8. The molecule has 0 aromatic heterocycles. The molecule has 0 aromatic rings. The number of hydrogen-bond acceptors (Lipinski definition) is 7. The Morgan fingerprint density at radius 1 is 0.844 bits per heavy atom. The highest BCUT2D eigenvalue weighted by atomic mass is 32.3. The Kier molecular flexibility index (Phi) is 7.78. The molecule has 190 valence electrons. The van der Waals surface area contributed by atoms with Crippen LogP contribution in [0.2, 0.25) is 0 Å². The lowest BCUT2D eigenvalue weighted by atomic mass is 10.1. The van der Waals surface area contributed by atoms with E-state index in [1.54, 1.807) is 0 Å². The van der Waals surface area contributed by atoms with Gasteiger partial charge < -0.3 is 4.90 Å². The van der Waals surface area contributed by atoms with E-state index in [2.05, 4.69) is 6.58 Å². The predicted octanol–water partition coefficient (Wildman–Crippen LogP) is 0.803. The van der Waals surface area contributed by atoms with Gasteiger partial charge in [-0.05, 0) is 7.05 Å². The normalized spacial score (nSPS) is 20.7. The average Bonchev–Trinajstić information content (AvgIpc) is 2.59. The molecule has 0 aromatic carbocycles. The molecule has 1 rings (SSSR count). The third-order valence-electron chi connectivity index (χ3n) is 4.32. The van der Waals surface area contributed by atoms with Crippen molar-refractivity contribution < 1.29 is 60.4 Å². The lowest BCUT2D eigenvalue weighted by Crippen LogP contribution is -2.67. The molecule has 0 bridgehead atoms. The number of alkyl halides is 8. The molecule has 0 amide bonds. The van der Waals surface area contributed by atoms with E-state index in [1.165, 1.54) is 11.9 Å². The Morgan fingerprint density at radius 2 is 1.28 bits per heavy atom. The Hall–Kier alpha value is -1.09. The van der Waals surface area contributed by atoms with Gasteiger partial charge in [0.2, 0.25) is 0 Å². The summed E-state index contributed by atoms with van der Waals surface area (Å²) in [6.45, 7) is 0.606. The quantitative estimate of drug-likeness (QED) is 0.335. The summed E-state index contributed by atoms with van der Waals surface area (Å²) in [7, 11) is -19.3. The van der Waals surface area contributed by atoms with Gasteiger partial charge in [0, 0.05) is 32.6 Å². The van der Waals surface area contributed by atoms with Gasteiger partial charge in [-0.15, -0.1) is 6.58 Å². The highest BCUT2D eigenvalue weighted by Gasteiger charge is 2.81. The van der Waals surface area contributed by atoms with Crippen molar-refractivity contribution in [2.75, 3.05) is 33.2 Å². The molecule has 20 heteroatoms. The van der Waals surface area contributed by atoms with Crippen LogP contribution in [0.15, 0.2) is 12.7 Å². The van der Waals surface area contributed by atoms with Crippen LogP contribution in [0.5, 0.6) is 0 Å². The van der Waals surface area contributed by atoms with E-state index in [4.69, 9.17) is 0 Å². The van der Waals surface area contributed by atoms with Crippen LogP contribution in [-0.4, -0.2) is 89.4 Å². The van der Waals surface area contributed by atoms with Crippen molar-refractivity contribution >= 4 is 30.1 Å². The number of rotatable bonds is 9. The van der Waals surface area contributed by atoms with Crippen LogP contribution in [-0.2, 0) is 30.1 Å². The molecule has 32 heavy (non-hydrogen) atoms. The summed E-state index contributed by atoms with van der Waals surface area (Å²) < 4.78 is 180. The highest BCUT2D eigenvalue weighted by molar-refractivity contribution is 8.05. The van der Waals surface area contributed by atoms with Crippen molar-refractivity contribution in [2.45, 2.75) is 28.1 Å². The van der Waals surface area contributed by atoms with E-state index >= 15 is 4.39 Å². The second-order valence-corrected chi connectivity index (χ2v) is 12.3. The maximum absolute atomic E-state index is 15.0. The van der Waals surface area contributed by atoms with Crippen LogP contribution in [0.4, 0.5) is 35.1 Å². The second-order valence-electron chi connectivity index (χ2n) is 6.56. The molecule has 1 heterocycles. The monoisotopic (exact) mass is 547 g/mol.